The molecule has 0 amide bonds. The van der Waals surface area contributed by atoms with Crippen LogP contribution in [0.2, 0.25) is 0 Å². The molecule has 0 spiro atoms. The fraction of sp³-hybridized carbons (Fsp3) is 0.448. The standard InChI is InChI=1S/C29H36/c1-3-5-7-25-10-14-27(15-11-25)17-19-29-22-20-28(21-23-29)18-16-26-12-8-24(6-4-2)9-13-26/h4,6,8-9,12-13,20-23,25,27H,3,5,7,10-11,14-15,17,19H2,1-2H3/b6-4+. The number of hydrogen-bond donors (Lipinski definition) is 0. The van der Waals surface area contributed by atoms with Gasteiger partial charge < -0.3 is 0 Å². The van der Waals surface area contributed by atoms with E-state index in [0.29, 0.717) is 0 Å². The Morgan fingerprint density at radius 3 is 1.90 bits per heavy atom. The molecule has 1 aliphatic rings. The lowest BCUT2D eigenvalue weighted by Crippen LogP contribution is -2.15. The second-order valence-electron chi connectivity index (χ2n) is 8.64. The summed E-state index contributed by atoms with van der Waals surface area (Å²) in [5.74, 6) is 8.54. The molecule has 1 aliphatic carbocycles. The number of unbranched alkanes of at least 4 members (excludes halogenated alkanes) is 1. The molecular formula is C29H36. The highest BCUT2D eigenvalue weighted by atomic mass is 14.3. The van der Waals surface area contributed by atoms with Gasteiger partial charge in [0.25, 0.3) is 0 Å². The highest BCUT2D eigenvalue weighted by molar-refractivity contribution is 5.52. The average molecular weight is 385 g/mol. The Hall–Kier alpha value is -2.26. The lowest BCUT2D eigenvalue weighted by Gasteiger charge is -2.28. The molecule has 0 N–H and O–H groups in total. The Bertz CT molecular complexity index is 803. The first-order valence-corrected chi connectivity index (χ1v) is 11.6. The summed E-state index contributed by atoms with van der Waals surface area (Å²) in [6.07, 6.45) is 16.8. The zero-order chi connectivity index (χ0) is 20.3. The molecule has 0 heteroatoms. The molecule has 0 bridgehead atoms. The highest BCUT2D eigenvalue weighted by Crippen LogP contribution is 2.34. The summed E-state index contributed by atoms with van der Waals surface area (Å²) in [5, 5.41) is 0. The van der Waals surface area contributed by atoms with E-state index in [9.17, 15) is 0 Å². The van der Waals surface area contributed by atoms with E-state index in [4.69, 9.17) is 0 Å². The monoisotopic (exact) mass is 384 g/mol. The van der Waals surface area contributed by atoms with Gasteiger partial charge >= 0.3 is 0 Å². The highest BCUT2D eigenvalue weighted by Gasteiger charge is 2.20. The van der Waals surface area contributed by atoms with Crippen LogP contribution >= 0.6 is 0 Å². The van der Waals surface area contributed by atoms with Crippen LogP contribution < -0.4 is 0 Å². The van der Waals surface area contributed by atoms with Gasteiger partial charge in [0.1, 0.15) is 0 Å². The maximum absolute atomic E-state index is 3.30. The summed E-state index contributed by atoms with van der Waals surface area (Å²) in [5.41, 5.74) is 4.84. The van der Waals surface area contributed by atoms with Crippen molar-refractivity contribution >= 4 is 6.08 Å². The first-order valence-electron chi connectivity index (χ1n) is 11.6. The van der Waals surface area contributed by atoms with Gasteiger partial charge in [-0.15, -0.1) is 0 Å². The lowest BCUT2D eigenvalue weighted by atomic mass is 9.78. The normalized spacial score (nSPS) is 19.1. The smallest absolute Gasteiger partial charge is 0.0249 e. The van der Waals surface area contributed by atoms with E-state index in [2.05, 4.69) is 79.4 Å². The Morgan fingerprint density at radius 1 is 0.793 bits per heavy atom. The Kier molecular flexibility index (Phi) is 8.63. The van der Waals surface area contributed by atoms with Gasteiger partial charge in [-0.1, -0.05) is 100 Å². The average Bonchev–Trinajstić information content (AvgIpc) is 2.77. The first-order chi connectivity index (χ1) is 14.3. The van der Waals surface area contributed by atoms with Crippen molar-refractivity contribution in [2.45, 2.75) is 71.6 Å². The molecule has 0 radical (unpaired) electrons. The van der Waals surface area contributed by atoms with Gasteiger partial charge in [0.05, 0.1) is 0 Å². The minimum Gasteiger partial charge on any atom is -0.0871 e. The van der Waals surface area contributed by atoms with Crippen LogP contribution in [0.4, 0.5) is 0 Å². The van der Waals surface area contributed by atoms with Crippen molar-refractivity contribution < 1.29 is 0 Å². The maximum atomic E-state index is 3.30. The van der Waals surface area contributed by atoms with Crippen LogP contribution in [0.15, 0.2) is 54.6 Å². The quantitative estimate of drug-likeness (QED) is 0.424. The molecule has 1 saturated carbocycles. The van der Waals surface area contributed by atoms with Gasteiger partial charge in [0.2, 0.25) is 0 Å². The van der Waals surface area contributed by atoms with Gasteiger partial charge in [0.15, 0.2) is 0 Å². The number of aryl methyl sites for hydroxylation is 1. The molecule has 3 rings (SSSR count). The summed E-state index contributed by atoms with van der Waals surface area (Å²) < 4.78 is 0. The van der Waals surface area contributed by atoms with Crippen LogP contribution in [0.1, 0.15) is 87.5 Å². The van der Waals surface area contributed by atoms with E-state index < -0.39 is 0 Å². The third kappa shape index (κ3) is 7.25. The topological polar surface area (TPSA) is 0 Å². The molecule has 0 nitrogen and oxygen atoms in total. The third-order valence-corrected chi connectivity index (χ3v) is 6.35. The van der Waals surface area contributed by atoms with Crippen LogP contribution in [0.3, 0.4) is 0 Å². The van der Waals surface area contributed by atoms with Gasteiger partial charge in [-0.05, 0) is 67.0 Å². The second kappa shape index (κ2) is 11.7. The predicted molar refractivity (Wildman–Crippen MR) is 127 cm³/mol. The van der Waals surface area contributed by atoms with E-state index in [0.717, 1.165) is 23.0 Å². The van der Waals surface area contributed by atoms with Crippen molar-refractivity contribution in [2.24, 2.45) is 11.8 Å². The molecule has 0 heterocycles. The van der Waals surface area contributed by atoms with Crippen molar-refractivity contribution in [3.63, 3.8) is 0 Å². The first kappa shape index (κ1) is 21.4. The molecular weight excluding hydrogens is 348 g/mol. The van der Waals surface area contributed by atoms with Crippen molar-refractivity contribution in [1.29, 1.82) is 0 Å². The minimum absolute atomic E-state index is 0.942. The van der Waals surface area contributed by atoms with Crippen molar-refractivity contribution in [3.05, 3.63) is 76.9 Å². The fourth-order valence-electron chi connectivity index (χ4n) is 4.44. The molecule has 2 aromatic carbocycles. The number of rotatable bonds is 7. The molecule has 152 valence electrons. The van der Waals surface area contributed by atoms with Gasteiger partial charge in [-0.2, -0.15) is 0 Å². The molecule has 0 saturated heterocycles. The molecule has 0 unspecified atom stereocenters. The Balaban J connectivity index is 1.45. The van der Waals surface area contributed by atoms with Gasteiger partial charge in [-0.3, -0.25) is 0 Å². The summed E-state index contributed by atoms with van der Waals surface area (Å²) in [7, 11) is 0. The largest absolute Gasteiger partial charge is 0.0871 e. The Labute approximate surface area is 178 Å². The van der Waals surface area contributed by atoms with Crippen LogP contribution in [0.5, 0.6) is 0 Å². The van der Waals surface area contributed by atoms with Gasteiger partial charge in [0, 0.05) is 11.1 Å². The summed E-state index contributed by atoms with van der Waals surface area (Å²) in [6.45, 7) is 4.35. The zero-order valence-electron chi connectivity index (χ0n) is 18.3. The van der Waals surface area contributed by atoms with Crippen molar-refractivity contribution in [2.75, 3.05) is 0 Å². The van der Waals surface area contributed by atoms with E-state index in [-0.39, 0.29) is 0 Å². The van der Waals surface area contributed by atoms with Crippen LogP contribution in [-0.4, -0.2) is 0 Å². The van der Waals surface area contributed by atoms with E-state index in [1.54, 1.807) is 0 Å². The molecule has 1 fully saturated rings. The van der Waals surface area contributed by atoms with E-state index in [1.165, 1.54) is 68.9 Å². The summed E-state index contributed by atoms with van der Waals surface area (Å²) >= 11 is 0. The second-order valence-corrected chi connectivity index (χ2v) is 8.64. The summed E-state index contributed by atoms with van der Waals surface area (Å²) in [6, 6.07) is 17.3. The van der Waals surface area contributed by atoms with E-state index in [1.807, 2.05) is 6.92 Å². The van der Waals surface area contributed by atoms with Crippen LogP contribution in [-0.2, 0) is 6.42 Å². The van der Waals surface area contributed by atoms with Crippen molar-refractivity contribution in [1.82, 2.24) is 0 Å². The molecule has 2 aromatic rings. The minimum atomic E-state index is 0.942. The SMILES string of the molecule is C/C=C/c1ccc(C#Cc2ccc(CCC3CCC(CCCC)CC3)cc2)cc1. The van der Waals surface area contributed by atoms with Crippen LogP contribution in [0.25, 0.3) is 6.08 Å². The zero-order valence-corrected chi connectivity index (χ0v) is 18.3. The lowest BCUT2D eigenvalue weighted by molar-refractivity contribution is 0.250. The van der Waals surface area contributed by atoms with Crippen molar-refractivity contribution in [3.8, 4) is 11.8 Å². The Morgan fingerprint density at radius 2 is 1.34 bits per heavy atom. The number of allylic oxidation sites excluding steroid dienone is 1. The van der Waals surface area contributed by atoms with E-state index >= 15 is 0 Å². The number of hydrogen-bond acceptors (Lipinski definition) is 0. The third-order valence-electron chi connectivity index (χ3n) is 6.35. The maximum Gasteiger partial charge on any atom is 0.0249 e. The van der Waals surface area contributed by atoms with Crippen LogP contribution in [0, 0.1) is 23.7 Å². The van der Waals surface area contributed by atoms with Gasteiger partial charge in [-0.25, -0.2) is 0 Å². The molecule has 0 aliphatic heterocycles. The molecule has 29 heavy (non-hydrogen) atoms. The molecule has 0 aromatic heterocycles. The molecule has 0 atom stereocenters. The number of benzene rings is 2. The fourth-order valence-corrected chi connectivity index (χ4v) is 4.44. The summed E-state index contributed by atoms with van der Waals surface area (Å²) in [4.78, 5) is 0. The predicted octanol–water partition coefficient (Wildman–Crippen LogP) is 8.05.